The van der Waals surface area contributed by atoms with Crippen LogP contribution < -0.4 is 4.90 Å². The average molecular weight is 679 g/mol. The summed E-state index contributed by atoms with van der Waals surface area (Å²) >= 11 is 0. The number of benzene rings is 6. The van der Waals surface area contributed by atoms with Gasteiger partial charge in [0.25, 0.3) is 0 Å². The number of rotatable bonds is 8. The van der Waals surface area contributed by atoms with Crippen LogP contribution in [0.25, 0.3) is 38.6 Å². The Morgan fingerprint density at radius 1 is 0.673 bits per heavy atom. The summed E-state index contributed by atoms with van der Waals surface area (Å²) in [6, 6.07) is 46.0. The summed E-state index contributed by atoms with van der Waals surface area (Å²) in [7, 11) is 0. The third-order valence-corrected chi connectivity index (χ3v) is 11.5. The summed E-state index contributed by atoms with van der Waals surface area (Å²) in [4.78, 5) is 2.43. The number of hydrogen-bond donors (Lipinski definition) is 0. The first-order valence-corrected chi connectivity index (χ1v) is 18.9. The molecule has 52 heavy (non-hydrogen) atoms. The molecule has 0 radical (unpaired) electrons. The van der Waals surface area contributed by atoms with Gasteiger partial charge in [-0.3, -0.25) is 0 Å². The van der Waals surface area contributed by atoms with Crippen LogP contribution in [0, 0.1) is 13.8 Å². The van der Waals surface area contributed by atoms with Gasteiger partial charge in [0.05, 0.1) is 16.7 Å². The van der Waals surface area contributed by atoms with Gasteiger partial charge in [-0.15, -0.1) is 0 Å². The first-order chi connectivity index (χ1) is 25.0. The monoisotopic (exact) mass is 678 g/mol. The molecule has 0 unspecified atom stereocenters. The number of para-hydroxylation sites is 2. The molecule has 0 N–H and O–H groups in total. The Morgan fingerprint density at radius 3 is 2.10 bits per heavy atom. The van der Waals surface area contributed by atoms with Gasteiger partial charge in [-0.05, 0) is 132 Å². The highest BCUT2D eigenvalue weighted by molar-refractivity contribution is 6.12. The first-order valence-electron chi connectivity index (χ1n) is 18.9. The molecule has 2 heterocycles. The van der Waals surface area contributed by atoms with Crippen molar-refractivity contribution in [3.8, 4) is 16.8 Å². The molecule has 6 aromatic carbocycles. The number of aryl methyl sites for hydroxylation is 3. The second-order valence-corrected chi connectivity index (χ2v) is 16.0. The third kappa shape index (κ3) is 5.48. The van der Waals surface area contributed by atoms with Crippen LogP contribution in [-0.2, 0) is 17.3 Å². The lowest BCUT2D eigenvalue weighted by atomic mass is 9.75. The van der Waals surface area contributed by atoms with E-state index < -0.39 is 0 Å². The molecule has 0 fully saturated rings. The number of nitrogens with zero attached hydrogens (tertiary/aromatic N) is 2. The lowest BCUT2D eigenvalue weighted by Gasteiger charge is -2.34. The smallest absolute Gasteiger partial charge is 0.0582 e. The standard InChI is InChI=1S/C50H50N2/c1-9-11-27-49(5,6)45-31-37(20-19-35(45)10-2)36-21-23-38(24-22-36)51(40-29-33(3)28-34(4)30-40)39-25-26-46-42(32-39)41-15-14-17-44-48(41)52(46)47-18-13-12-16-43(47)50(44,7)8/h9,11-26,28-32H,10,27H2,1-8H3/b11-9-. The second-order valence-electron chi connectivity index (χ2n) is 16.0. The van der Waals surface area contributed by atoms with Crippen LogP contribution in [0.1, 0.15) is 81.3 Å². The lowest BCUT2D eigenvalue weighted by Crippen LogP contribution is -2.26. The van der Waals surface area contributed by atoms with Gasteiger partial charge in [0, 0.05) is 33.2 Å². The van der Waals surface area contributed by atoms with Crippen LogP contribution in [0.5, 0.6) is 0 Å². The summed E-state index contributed by atoms with van der Waals surface area (Å²) in [6.07, 6.45) is 6.52. The summed E-state index contributed by atoms with van der Waals surface area (Å²) in [6.45, 7) is 18.2. The number of hydrogen-bond acceptors (Lipinski definition) is 1. The Morgan fingerprint density at radius 2 is 1.37 bits per heavy atom. The number of allylic oxidation sites excluding steroid dienone is 2. The van der Waals surface area contributed by atoms with Crippen LogP contribution in [0.15, 0.2) is 133 Å². The van der Waals surface area contributed by atoms with Crippen molar-refractivity contribution in [3.05, 3.63) is 167 Å². The summed E-state index contributed by atoms with van der Waals surface area (Å²) in [5.74, 6) is 0. The molecule has 0 saturated carbocycles. The van der Waals surface area contributed by atoms with E-state index in [0.717, 1.165) is 24.2 Å². The quantitative estimate of drug-likeness (QED) is 0.145. The highest BCUT2D eigenvalue weighted by Gasteiger charge is 2.35. The van der Waals surface area contributed by atoms with Crippen molar-refractivity contribution in [1.82, 2.24) is 4.57 Å². The van der Waals surface area contributed by atoms with Crippen molar-refractivity contribution in [2.75, 3.05) is 4.90 Å². The number of aromatic nitrogens is 1. The van der Waals surface area contributed by atoms with Crippen molar-refractivity contribution in [2.24, 2.45) is 0 Å². The van der Waals surface area contributed by atoms with Crippen LogP contribution in [0.3, 0.4) is 0 Å². The maximum Gasteiger partial charge on any atom is 0.0582 e. The summed E-state index contributed by atoms with van der Waals surface area (Å²) in [5, 5.41) is 2.58. The van der Waals surface area contributed by atoms with E-state index in [0.29, 0.717) is 0 Å². The Bertz CT molecular complexity index is 2480. The van der Waals surface area contributed by atoms with E-state index in [9.17, 15) is 0 Å². The van der Waals surface area contributed by atoms with E-state index in [2.05, 4.69) is 198 Å². The predicted molar refractivity (Wildman–Crippen MR) is 224 cm³/mol. The molecule has 2 heteroatoms. The van der Waals surface area contributed by atoms with Gasteiger partial charge in [-0.1, -0.05) is 120 Å². The van der Waals surface area contributed by atoms with Crippen molar-refractivity contribution in [2.45, 2.75) is 79.1 Å². The molecule has 1 aliphatic rings. The fourth-order valence-corrected chi connectivity index (χ4v) is 8.84. The van der Waals surface area contributed by atoms with Crippen molar-refractivity contribution in [1.29, 1.82) is 0 Å². The van der Waals surface area contributed by atoms with Crippen LogP contribution in [0.2, 0.25) is 0 Å². The molecular formula is C50H50N2. The number of anilines is 3. The molecule has 0 amide bonds. The minimum absolute atomic E-state index is 0.0630. The van der Waals surface area contributed by atoms with Crippen LogP contribution in [-0.4, -0.2) is 4.57 Å². The minimum atomic E-state index is -0.0872. The van der Waals surface area contributed by atoms with Gasteiger partial charge >= 0.3 is 0 Å². The van der Waals surface area contributed by atoms with Crippen molar-refractivity contribution < 1.29 is 0 Å². The predicted octanol–water partition coefficient (Wildman–Crippen LogP) is 14.0. The molecule has 0 saturated heterocycles. The van der Waals surface area contributed by atoms with E-state index in [1.54, 1.807) is 0 Å². The maximum absolute atomic E-state index is 2.50. The fraction of sp³-hybridized carbons (Fsp3) is 0.240. The van der Waals surface area contributed by atoms with Crippen molar-refractivity contribution >= 4 is 38.9 Å². The molecule has 1 aliphatic heterocycles. The zero-order valence-corrected chi connectivity index (χ0v) is 32.0. The van der Waals surface area contributed by atoms with Gasteiger partial charge < -0.3 is 9.47 Å². The minimum Gasteiger partial charge on any atom is -0.310 e. The normalized spacial score (nSPS) is 13.6. The van der Waals surface area contributed by atoms with E-state index in [1.165, 1.54) is 77.7 Å². The third-order valence-electron chi connectivity index (χ3n) is 11.5. The van der Waals surface area contributed by atoms with E-state index in [1.807, 2.05) is 0 Å². The summed E-state index contributed by atoms with van der Waals surface area (Å²) in [5.41, 5.74) is 17.9. The highest BCUT2D eigenvalue weighted by atomic mass is 15.1. The topological polar surface area (TPSA) is 8.17 Å². The molecule has 7 aromatic rings. The molecule has 2 nitrogen and oxygen atoms in total. The Labute approximate surface area is 310 Å². The van der Waals surface area contributed by atoms with E-state index >= 15 is 0 Å². The molecule has 0 aliphatic carbocycles. The fourth-order valence-electron chi connectivity index (χ4n) is 8.84. The van der Waals surface area contributed by atoms with E-state index in [-0.39, 0.29) is 10.8 Å². The van der Waals surface area contributed by atoms with Gasteiger partial charge in [0.2, 0.25) is 0 Å². The highest BCUT2D eigenvalue weighted by Crippen LogP contribution is 2.48. The molecule has 0 spiro atoms. The average Bonchev–Trinajstić information content (AvgIpc) is 3.47. The second kappa shape index (κ2) is 12.7. The largest absolute Gasteiger partial charge is 0.310 e. The van der Waals surface area contributed by atoms with E-state index in [4.69, 9.17) is 0 Å². The number of fused-ring (bicyclic) bond motifs is 5. The molecule has 1 aromatic heterocycles. The lowest BCUT2D eigenvalue weighted by molar-refractivity contribution is 0.528. The van der Waals surface area contributed by atoms with Gasteiger partial charge in [-0.25, -0.2) is 0 Å². The van der Waals surface area contributed by atoms with Gasteiger partial charge in [-0.2, -0.15) is 0 Å². The zero-order valence-electron chi connectivity index (χ0n) is 32.0. The summed E-state index contributed by atoms with van der Waals surface area (Å²) < 4.78 is 2.50. The van der Waals surface area contributed by atoms with Crippen LogP contribution in [0.4, 0.5) is 17.1 Å². The zero-order chi connectivity index (χ0) is 36.4. The van der Waals surface area contributed by atoms with Gasteiger partial charge in [0.15, 0.2) is 0 Å². The maximum atomic E-state index is 2.50. The van der Waals surface area contributed by atoms with Gasteiger partial charge in [0.1, 0.15) is 0 Å². The Balaban J connectivity index is 1.28. The molecule has 0 bridgehead atoms. The van der Waals surface area contributed by atoms with Crippen molar-refractivity contribution in [3.63, 3.8) is 0 Å². The molecule has 260 valence electrons. The SMILES string of the molecule is C/C=C\CC(C)(C)c1cc(-c2ccc(N(c3cc(C)cc(C)c3)c3ccc4c(c3)c3cccc5c3n4-c3ccccc3C5(C)C)cc2)ccc1CC. The molecule has 0 atom stereocenters. The Kier molecular flexibility index (Phi) is 8.26. The molecule has 8 rings (SSSR count). The van der Waals surface area contributed by atoms with Crippen LogP contribution >= 0.6 is 0 Å². The Hall–Kier alpha value is -5.34. The first kappa shape index (κ1) is 33.8. The molecular weight excluding hydrogens is 629 g/mol.